The summed E-state index contributed by atoms with van der Waals surface area (Å²) >= 11 is 0. The predicted octanol–water partition coefficient (Wildman–Crippen LogP) is 3.92. The summed E-state index contributed by atoms with van der Waals surface area (Å²) in [6.07, 6.45) is 2.11. The third-order valence-corrected chi connectivity index (χ3v) is 5.82. The van der Waals surface area contributed by atoms with Crippen LogP contribution in [-0.2, 0) is 22.5 Å². The number of benzene rings is 2. The van der Waals surface area contributed by atoms with E-state index in [-0.39, 0.29) is 32.1 Å². The van der Waals surface area contributed by atoms with E-state index in [2.05, 4.69) is 5.32 Å². The molecular formula is C28H32N4O6. The standard InChI is InChI=1S/C28H32N4O6/c1-35-15-13-32(28(34)30-23-7-4-6-22(16-23)18-29)20-27(33)31(19-24-8-5-14-38-24)12-11-21-9-10-25(36-2)26(17-21)37-3/h4-10,14,16-17H,11-13,15,19-20H2,1-3H3,(H,30,34). The monoisotopic (exact) mass is 520 g/mol. The maximum absolute atomic E-state index is 13.5. The number of urea groups is 1. The van der Waals surface area contributed by atoms with Gasteiger partial charge in [-0.2, -0.15) is 5.26 Å². The largest absolute Gasteiger partial charge is 0.493 e. The van der Waals surface area contributed by atoms with Crippen molar-refractivity contribution in [3.63, 3.8) is 0 Å². The molecule has 0 atom stereocenters. The lowest BCUT2D eigenvalue weighted by molar-refractivity contribution is -0.132. The van der Waals surface area contributed by atoms with E-state index in [1.165, 1.54) is 12.0 Å². The van der Waals surface area contributed by atoms with Crippen molar-refractivity contribution < 1.29 is 28.2 Å². The highest BCUT2D eigenvalue weighted by molar-refractivity contribution is 5.92. The average Bonchev–Trinajstić information content (AvgIpc) is 3.46. The zero-order valence-electron chi connectivity index (χ0n) is 21.8. The van der Waals surface area contributed by atoms with Crippen LogP contribution in [0.3, 0.4) is 0 Å². The maximum atomic E-state index is 13.5. The molecule has 1 heterocycles. The lowest BCUT2D eigenvalue weighted by Gasteiger charge is -2.27. The minimum absolute atomic E-state index is 0.167. The van der Waals surface area contributed by atoms with Crippen LogP contribution in [0.1, 0.15) is 16.9 Å². The average molecular weight is 521 g/mol. The Kier molecular flexibility index (Phi) is 10.6. The van der Waals surface area contributed by atoms with E-state index in [1.54, 1.807) is 61.8 Å². The Morgan fingerprint density at radius 1 is 0.974 bits per heavy atom. The quantitative estimate of drug-likeness (QED) is 0.363. The van der Waals surface area contributed by atoms with Crippen molar-refractivity contribution in [1.29, 1.82) is 5.26 Å². The maximum Gasteiger partial charge on any atom is 0.322 e. The van der Waals surface area contributed by atoms with Gasteiger partial charge in [-0.3, -0.25) is 4.79 Å². The fourth-order valence-electron chi connectivity index (χ4n) is 3.77. The third-order valence-electron chi connectivity index (χ3n) is 5.82. The summed E-state index contributed by atoms with van der Waals surface area (Å²) in [5.41, 5.74) is 1.85. The number of hydrogen-bond acceptors (Lipinski definition) is 7. The molecule has 0 unspecified atom stereocenters. The van der Waals surface area contributed by atoms with Gasteiger partial charge in [-0.05, 0) is 54.4 Å². The fraction of sp³-hybridized carbons (Fsp3) is 0.321. The van der Waals surface area contributed by atoms with Crippen LogP contribution in [0.25, 0.3) is 0 Å². The second-order valence-corrected chi connectivity index (χ2v) is 8.37. The van der Waals surface area contributed by atoms with Gasteiger partial charge < -0.3 is 33.7 Å². The second kappa shape index (κ2) is 14.3. The van der Waals surface area contributed by atoms with Gasteiger partial charge in [-0.15, -0.1) is 0 Å². The summed E-state index contributed by atoms with van der Waals surface area (Å²) in [6.45, 7) is 0.931. The highest BCUT2D eigenvalue weighted by atomic mass is 16.5. The molecule has 10 nitrogen and oxygen atoms in total. The molecule has 3 aromatic rings. The number of amides is 3. The van der Waals surface area contributed by atoms with Crippen molar-refractivity contribution in [1.82, 2.24) is 9.80 Å². The molecule has 0 saturated heterocycles. The van der Waals surface area contributed by atoms with Crippen molar-refractivity contribution in [2.75, 3.05) is 52.9 Å². The molecule has 0 bridgehead atoms. The molecule has 2 aromatic carbocycles. The van der Waals surface area contributed by atoms with Gasteiger partial charge in [0.25, 0.3) is 0 Å². The molecule has 1 aromatic heterocycles. The van der Waals surface area contributed by atoms with Gasteiger partial charge in [0.15, 0.2) is 11.5 Å². The molecule has 3 rings (SSSR count). The third kappa shape index (κ3) is 8.01. The lowest BCUT2D eigenvalue weighted by atomic mass is 10.1. The minimum Gasteiger partial charge on any atom is -0.493 e. The Bertz CT molecular complexity index is 1240. The first kappa shape index (κ1) is 28.1. The lowest BCUT2D eigenvalue weighted by Crippen LogP contribution is -2.46. The second-order valence-electron chi connectivity index (χ2n) is 8.37. The normalized spacial score (nSPS) is 10.4. The molecule has 200 valence electrons. The molecule has 10 heteroatoms. The van der Waals surface area contributed by atoms with Crippen molar-refractivity contribution >= 4 is 17.6 Å². The Morgan fingerprint density at radius 3 is 2.47 bits per heavy atom. The zero-order chi connectivity index (χ0) is 27.3. The first-order chi connectivity index (χ1) is 18.5. The molecule has 0 aliphatic carbocycles. The predicted molar refractivity (Wildman–Crippen MR) is 141 cm³/mol. The number of nitriles is 1. The molecule has 0 aliphatic heterocycles. The van der Waals surface area contributed by atoms with Crippen molar-refractivity contribution in [2.24, 2.45) is 0 Å². The van der Waals surface area contributed by atoms with E-state index in [4.69, 9.17) is 23.9 Å². The number of nitrogens with zero attached hydrogens (tertiary/aromatic N) is 3. The molecule has 0 radical (unpaired) electrons. The molecule has 3 amide bonds. The van der Waals surface area contributed by atoms with Crippen LogP contribution in [0.2, 0.25) is 0 Å². The molecule has 0 aliphatic rings. The number of nitrogens with one attached hydrogen (secondary N) is 1. The number of anilines is 1. The number of ether oxygens (including phenoxy) is 3. The topological polar surface area (TPSA) is 117 Å². The fourth-order valence-corrected chi connectivity index (χ4v) is 3.77. The van der Waals surface area contributed by atoms with Crippen LogP contribution in [0.5, 0.6) is 11.5 Å². The first-order valence-corrected chi connectivity index (χ1v) is 12.0. The van der Waals surface area contributed by atoms with Crippen LogP contribution in [0.15, 0.2) is 65.3 Å². The van der Waals surface area contributed by atoms with E-state index < -0.39 is 6.03 Å². The summed E-state index contributed by atoms with van der Waals surface area (Å²) in [6, 6.07) is 17.3. The Labute approximate surface area is 222 Å². The molecule has 0 spiro atoms. The number of furan rings is 1. The van der Waals surface area contributed by atoms with Gasteiger partial charge in [0, 0.05) is 25.9 Å². The van der Waals surface area contributed by atoms with Crippen LogP contribution in [0, 0.1) is 11.3 Å². The Balaban J connectivity index is 1.74. The van der Waals surface area contributed by atoms with E-state index >= 15 is 0 Å². The van der Waals surface area contributed by atoms with Crippen molar-refractivity contribution in [3.05, 3.63) is 77.7 Å². The number of carbonyl (C=O) groups is 2. The van der Waals surface area contributed by atoms with Crippen molar-refractivity contribution in [2.45, 2.75) is 13.0 Å². The highest BCUT2D eigenvalue weighted by Gasteiger charge is 2.22. The van der Waals surface area contributed by atoms with Gasteiger partial charge >= 0.3 is 6.03 Å². The van der Waals surface area contributed by atoms with Crippen LogP contribution in [0.4, 0.5) is 10.5 Å². The summed E-state index contributed by atoms with van der Waals surface area (Å²) < 4.78 is 21.3. The van der Waals surface area contributed by atoms with Crippen LogP contribution >= 0.6 is 0 Å². The molecule has 0 saturated carbocycles. The van der Waals surface area contributed by atoms with Gasteiger partial charge in [0.1, 0.15) is 12.3 Å². The Hall–Kier alpha value is -4.49. The summed E-state index contributed by atoms with van der Waals surface area (Å²) in [5, 5.41) is 11.9. The van der Waals surface area contributed by atoms with E-state index in [0.29, 0.717) is 41.5 Å². The number of methoxy groups -OCH3 is 3. The number of carbonyl (C=O) groups excluding carboxylic acids is 2. The van der Waals surface area contributed by atoms with E-state index in [1.807, 2.05) is 24.3 Å². The SMILES string of the molecule is COCCN(CC(=O)N(CCc1ccc(OC)c(OC)c1)Cc1ccco1)C(=O)Nc1cccc(C#N)c1. The molecule has 0 fully saturated rings. The van der Waals surface area contributed by atoms with Gasteiger partial charge in [0.2, 0.25) is 5.91 Å². The first-order valence-electron chi connectivity index (χ1n) is 12.0. The molecular weight excluding hydrogens is 488 g/mol. The summed E-state index contributed by atoms with van der Waals surface area (Å²) in [7, 11) is 4.68. The van der Waals surface area contributed by atoms with Crippen molar-refractivity contribution in [3.8, 4) is 17.6 Å². The molecule has 1 N–H and O–H groups in total. The van der Waals surface area contributed by atoms with Crippen LogP contribution < -0.4 is 14.8 Å². The smallest absolute Gasteiger partial charge is 0.322 e. The van der Waals surface area contributed by atoms with Crippen LogP contribution in [-0.4, -0.2) is 69.3 Å². The summed E-state index contributed by atoms with van der Waals surface area (Å²) in [5.74, 6) is 1.61. The van der Waals surface area contributed by atoms with E-state index in [0.717, 1.165) is 5.56 Å². The summed E-state index contributed by atoms with van der Waals surface area (Å²) in [4.78, 5) is 29.6. The van der Waals surface area contributed by atoms with Gasteiger partial charge in [-0.1, -0.05) is 12.1 Å². The molecule has 38 heavy (non-hydrogen) atoms. The number of hydrogen-bond donors (Lipinski definition) is 1. The Morgan fingerprint density at radius 2 is 1.79 bits per heavy atom. The van der Waals surface area contributed by atoms with Gasteiger partial charge in [0.05, 0.1) is 45.3 Å². The van der Waals surface area contributed by atoms with Gasteiger partial charge in [-0.25, -0.2) is 4.79 Å². The number of rotatable bonds is 13. The zero-order valence-corrected chi connectivity index (χ0v) is 21.8. The minimum atomic E-state index is -0.469. The highest BCUT2D eigenvalue weighted by Crippen LogP contribution is 2.27. The van der Waals surface area contributed by atoms with E-state index in [9.17, 15) is 9.59 Å².